The molecule has 1 aromatic carbocycles. The van der Waals surface area contributed by atoms with Crippen molar-refractivity contribution in [3.05, 3.63) is 29.6 Å². The van der Waals surface area contributed by atoms with E-state index in [2.05, 4.69) is 18.7 Å². The largest absolute Gasteiger partial charge is 0.324 e. The van der Waals surface area contributed by atoms with Gasteiger partial charge in [-0.25, -0.2) is 4.39 Å². The van der Waals surface area contributed by atoms with E-state index in [0.29, 0.717) is 0 Å². The van der Waals surface area contributed by atoms with Gasteiger partial charge >= 0.3 is 0 Å². The maximum atomic E-state index is 13.2. The highest BCUT2D eigenvalue weighted by molar-refractivity contribution is 7.99. The zero-order chi connectivity index (χ0) is 13.5. The van der Waals surface area contributed by atoms with Crippen molar-refractivity contribution in [3.63, 3.8) is 0 Å². The first-order chi connectivity index (χ1) is 8.58. The first-order valence-corrected chi connectivity index (χ1v) is 7.47. The summed E-state index contributed by atoms with van der Waals surface area (Å²) >= 11 is 1.75. The minimum absolute atomic E-state index is 0.128. The lowest BCUT2D eigenvalue weighted by atomic mass is 10.1. The lowest BCUT2D eigenvalue weighted by Gasteiger charge is -2.18. The molecule has 0 aliphatic heterocycles. The summed E-state index contributed by atoms with van der Waals surface area (Å²) in [5.74, 6) is 0.794. The van der Waals surface area contributed by atoms with Crippen LogP contribution in [0.15, 0.2) is 23.1 Å². The molecule has 0 radical (unpaired) electrons. The highest BCUT2D eigenvalue weighted by atomic mass is 32.2. The van der Waals surface area contributed by atoms with Gasteiger partial charge in [-0.1, -0.05) is 13.8 Å². The summed E-state index contributed by atoms with van der Waals surface area (Å²) in [6.07, 6.45) is 0. The monoisotopic (exact) mass is 270 g/mol. The fourth-order valence-electron chi connectivity index (χ4n) is 1.83. The molecular weight excluding hydrogens is 247 g/mol. The molecule has 0 fully saturated rings. The van der Waals surface area contributed by atoms with Gasteiger partial charge in [-0.3, -0.25) is 0 Å². The van der Waals surface area contributed by atoms with Crippen molar-refractivity contribution < 1.29 is 4.39 Å². The topological polar surface area (TPSA) is 29.3 Å². The van der Waals surface area contributed by atoms with Crippen LogP contribution < -0.4 is 5.73 Å². The molecule has 1 atom stereocenters. The molecule has 0 saturated carbocycles. The van der Waals surface area contributed by atoms with Crippen molar-refractivity contribution in [2.75, 3.05) is 25.4 Å². The maximum absolute atomic E-state index is 13.2. The number of nitrogens with two attached hydrogens (primary N) is 1. The van der Waals surface area contributed by atoms with Crippen molar-refractivity contribution >= 4 is 11.8 Å². The van der Waals surface area contributed by atoms with Gasteiger partial charge in [0, 0.05) is 23.2 Å². The molecule has 18 heavy (non-hydrogen) atoms. The van der Waals surface area contributed by atoms with Crippen molar-refractivity contribution in [3.8, 4) is 0 Å². The summed E-state index contributed by atoms with van der Waals surface area (Å²) in [5.41, 5.74) is 6.78. The Morgan fingerprint density at radius 2 is 2.00 bits per heavy atom. The molecule has 102 valence electrons. The van der Waals surface area contributed by atoms with Crippen molar-refractivity contribution in [1.29, 1.82) is 0 Å². The van der Waals surface area contributed by atoms with Gasteiger partial charge in [-0.05, 0) is 43.8 Å². The minimum Gasteiger partial charge on any atom is -0.324 e. The van der Waals surface area contributed by atoms with E-state index >= 15 is 0 Å². The molecule has 0 aliphatic carbocycles. The smallest absolute Gasteiger partial charge is 0.123 e. The number of thioether (sulfide) groups is 1. The first kappa shape index (κ1) is 15.5. The zero-order valence-electron chi connectivity index (χ0n) is 11.4. The molecule has 0 bridgehead atoms. The Bertz CT molecular complexity index is 365. The highest BCUT2D eigenvalue weighted by Gasteiger charge is 2.09. The Labute approximate surface area is 114 Å². The van der Waals surface area contributed by atoms with Gasteiger partial charge in [-0.15, -0.1) is 11.8 Å². The van der Waals surface area contributed by atoms with E-state index in [1.165, 1.54) is 6.07 Å². The van der Waals surface area contributed by atoms with E-state index in [1.807, 2.05) is 13.0 Å². The van der Waals surface area contributed by atoms with Gasteiger partial charge in [0.15, 0.2) is 0 Å². The molecule has 4 heteroatoms. The molecule has 0 spiro atoms. The summed E-state index contributed by atoms with van der Waals surface area (Å²) in [5, 5.41) is 0. The van der Waals surface area contributed by atoms with E-state index in [0.717, 1.165) is 35.8 Å². The lowest BCUT2D eigenvalue weighted by molar-refractivity contribution is 0.324. The highest BCUT2D eigenvalue weighted by Crippen LogP contribution is 2.27. The molecule has 1 aromatic rings. The Morgan fingerprint density at radius 3 is 2.56 bits per heavy atom. The van der Waals surface area contributed by atoms with Gasteiger partial charge < -0.3 is 10.6 Å². The summed E-state index contributed by atoms with van der Waals surface area (Å²) < 4.78 is 13.2. The normalized spacial score (nSPS) is 13.0. The van der Waals surface area contributed by atoms with Crippen LogP contribution in [0.3, 0.4) is 0 Å². The van der Waals surface area contributed by atoms with E-state index < -0.39 is 0 Å². The second-order valence-corrected chi connectivity index (χ2v) is 5.48. The molecule has 0 amide bonds. The number of nitrogens with zero attached hydrogens (tertiary/aromatic N) is 1. The van der Waals surface area contributed by atoms with Crippen LogP contribution in [-0.2, 0) is 0 Å². The van der Waals surface area contributed by atoms with Crippen LogP contribution in [0.25, 0.3) is 0 Å². The van der Waals surface area contributed by atoms with E-state index in [1.54, 1.807) is 17.8 Å². The van der Waals surface area contributed by atoms with Crippen LogP contribution >= 0.6 is 11.8 Å². The summed E-state index contributed by atoms with van der Waals surface area (Å²) in [7, 11) is 0. The van der Waals surface area contributed by atoms with Crippen LogP contribution in [-0.4, -0.2) is 30.3 Å². The van der Waals surface area contributed by atoms with Crippen molar-refractivity contribution in [2.45, 2.75) is 31.7 Å². The van der Waals surface area contributed by atoms with Gasteiger partial charge in [0.2, 0.25) is 0 Å². The third kappa shape index (κ3) is 4.59. The second-order valence-electron chi connectivity index (χ2n) is 4.35. The standard InChI is InChI=1S/C14H23FN2S/c1-4-17(5-2)8-9-18-14-7-6-12(15)10-13(14)11(3)16/h6-7,10-11H,4-5,8-9,16H2,1-3H3/t11-/m0/s1. The molecule has 0 saturated heterocycles. The van der Waals surface area contributed by atoms with Gasteiger partial charge in [-0.2, -0.15) is 0 Å². The molecule has 0 heterocycles. The van der Waals surface area contributed by atoms with Crippen LogP contribution in [0.2, 0.25) is 0 Å². The first-order valence-electron chi connectivity index (χ1n) is 6.48. The number of halogens is 1. The van der Waals surface area contributed by atoms with E-state index in [9.17, 15) is 4.39 Å². The third-order valence-corrected chi connectivity index (χ3v) is 4.09. The summed E-state index contributed by atoms with van der Waals surface area (Å²) in [6, 6.07) is 4.76. The minimum atomic E-state index is -0.213. The van der Waals surface area contributed by atoms with E-state index in [-0.39, 0.29) is 11.9 Å². The SMILES string of the molecule is CCN(CC)CCSc1ccc(F)cc1[C@H](C)N. The quantitative estimate of drug-likeness (QED) is 0.771. The van der Waals surface area contributed by atoms with Crippen LogP contribution in [0, 0.1) is 5.82 Å². The van der Waals surface area contributed by atoms with Crippen molar-refractivity contribution in [2.24, 2.45) is 5.73 Å². The fourth-order valence-corrected chi connectivity index (χ4v) is 2.98. The van der Waals surface area contributed by atoms with Crippen LogP contribution in [0.1, 0.15) is 32.4 Å². The average Bonchev–Trinajstić information content (AvgIpc) is 2.36. The Morgan fingerprint density at radius 1 is 1.33 bits per heavy atom. The zero-order valence-corrected chi connectivity index (χ0v) is 12.3. The molecule has 2 nitrogen and oxygen atoms in total. The molecule has 0 aliphatic rings. The van der Waals surface area contributed by atoms with Gasteiger partial charge in [0.25, 0.3) is 0 Å². The lowest BCUT2D eigenvalue weighted by Crippen LogP contribution is -2.25. The third-order valence-electron chi connectivity index (χ3n) is 3.02. The predicted molar refractivity (Wildman–Crippen MR) is 77.5 cm³/mol. The summed E-state index contributed by atoms with van der Waals surface area (Å²) in [6.45, 7) is 9.41. The molecular formula is C14H23FN2S. The number of rotatable bonds is 7. The molecule has 1 rings (SSSR count). The molecule has 0 aromatic heterocycles. The Hall–Kier alpha value is -0.580. The number of hydrogen-bond acceptors (Lipinski definition) is 3. The molecule has 2 N–H and O–H groups in total. The van der Waals surface area contributed by atoms with Gasteiger partial charge in [0.1, 0.15) is 5.82 Å². The number of benzene rings is 1. The second kappa shape index (κ2) is 7.77. The maximum Gasteiger partial charge on any atom is 0.123 e. The number of hydrogen-bond donors (Lipinski definition) is 1. The Balaban J connectivity index is 2.61. The summed E-state index contributed by atoms with van der Waals surface area (Å²) in [4.78, 5) is 3.47. The van der Waals surface area contributed by atoms with Crippen molar-refractivity contribution in [1.82, 2.24) is 4.90 Å². The average molecular weight is 270 g/mol. The van der Waals surface area contributed by atoms with E-state index in [4.69, 9.17) is 5.73 Å². The molecule has 0 unspecified atom stereocenters. The predicted octanol–water partition coefficient (Wildman–Crippen LogP) is 3.28. The van der Waals surface area contributed by atoms with Gasteiger partial charge in [0.05, 0.1) is 0 Å². The Kier molecular flexibility index (Phi) is 6.68. The van der Waals surface area contributed by atoms with Crippen LogP contribution in [0.5, 0.6) is 0 Å². The fraction of sp³-hybridized carbons (Fsp3) is 0.571. The van der Waals surface area contributed by atoms with Crippen LogP contribution in [0.4, 0.5) is 4.39 Å².